The molecule has 0 unspecified atom stereocenters. The molecule has 1 aliphatic heterocycles. The fraction of sp³-hybridized carbons (Fsp3) is 0.429. The summed E-state index contributed by atoms with van der Waals surface area (Å²) in [4.78, 5) is 0. The van der Waals surface area contributed by atoms with Gasteiger partial charge in [0.1, 0.15) is 5.82 Å². The minimum absolute atomic E-state index is 0.0603. The molecule has 0 atom stereocenters. The number of hydrogen-bond acceptors (Lipinski definition) is 2. The summed E-state index contributed by atoms with van der Waals surface area (Å²) < 4.78 is 45.6. The van der Waals surface area contributed by atoms with Gasteiger partial charge in [-0.2, -0.15) is 21.4 Å². The van der Waals surface area contributed by atoms with Crippen molar-refractivity contribution >= 4 is 12.6 Å². The average Bonchev–Trinajstić information content (AvgIpc) is 2.63. The Hall–Kier alpha value is -1.46. The van der Waals surface area contributed by atoms with Gasteiger partial charge in [0, 0.05) is 10.8 Å². The summed E-state index contributed by atoms with van der Waals surface area (Å²) in [5, 5.41) is 0.513. The highest BCUT2D eigenvalue weighted by molar-refractivity contribution is 7.80. The number of thiol groups is 1. The minimum Gasteiger partial charge on any atom is -0.315 e. The molecule has 1 nitrogen and oxygen atoms in total. The summed E-state index contributed by atoms with van der Waals surface area (Å²) in [6.07, 6.45) is 0.565. The van der Waals surface area contributed by atoms with Gasteiger partial charge in [0.2, 0.25) is 0 Å². The molecule has 0 saturated heterocycles. The number of halogens is 3. The third kappa shape index (κ3) is 3.65. The number of rotatable bonds is 2. The van der Waals surface area contributed by atoms with E-state index >= 15 is 0 Å². The number of fused-ring (bicyclic) bond motifs is 1. The van der Waals surface area contributed by atoms with Gasteiger partial charge in [-0.3, -0.25) is 0 Å². The van der Waals surface area contributed by atoms with Crippen LogP contribution < -0.4 is 0 Å². The topological polar surface area (TPSA) is 9.23 Å². The minimum atomic E-state index is -3.29. The van der Waals surface area contributed by atoms with E-state index in [1.807, 2.05) is 12.1 Å². The van der Waals surface area contributed by atoms with E-state index in [9.17, 15) is 13.2 Å². The highest BCUT2D eigenvalue weighted by atomic mass is 32.1. The van der Waals surface area contributed by atoms with Gasteiger partial charge >= 0.3 is 6.11 Å². The first kappa shape index (κ1) is 17.9. The van der Waals surface area contributed by atoms with Crippen LogP contribution in [0.5, 0.6) is 0 Å². The van der Waals surface area contributed by atoms with E-state index in [0.717, 1.165) is 31.2 Å². The quantitative estimate of drug-likeness (QED) is 0.620. The van der Waals surface area contributed by atoms with Crippen molar-refractivity contribution < 1.29 is 17.9 Å². The van der Waals surface area contributed by atoms with Gasteiger partial charge in [-0.15, -0.1) is 0 Å². The van der Waals surface area contributed by atoms with Gasteiger partial charge in [-0.05, 0) is 66.0 Å². The first-order valence-electron chi connectivity index (χ1n) is 9.03. The Kier molecular flexibility index (Phi) is 4.78. The molecule has 2 aromatic rings. The van der Waals surface area contributed by atoms with Crippen molar-refractivity contribution in [2.45, 2.75) is 56.0 Å². The van der Waals surface area contributed by atoms with Crippen LogP contribution in [0, 0.1) is 5.82 Å². The highest BCUT2D eigenvalue weighted by Crippen LogP contribution is 2.37. The van der Waals surface area contributed by atoms with Gasteiger partial charge in [-0.1, -0.05) is 24.3 Å². The standard InChI is InChI=1S/C21H21F3OS/c22-20-10-16(9-17-12-25-21(23,24)11-19(17)20)15-3-1-13(2-4-15)14-5-7-18(26)8-6-14/h1-4,9-10,14,18,26H,5-8,11-12H2. The Balaban J connectivity index is 1.57. The molecule has 1 saturated carbocycles. The van der Waals surface area contributed by atoms with Crippen LogP contribution in [0.1, 0.15) is 48.3 Å². The number of ether oxygens (including phenoxy) is 1. The van der Waals surface area contributed by atoms with E-state index in [2.05, 4.69) is 29.5 Å². The summed E-state index contributed by atoms with van der Waals surface area (Å²) >= 11 is 4.55. The van der Waals surface area contributed by atoms with Crippen LogP contribution in [0.2, 0.25) is 0 Å². The maximum Gasteiger partial charge on any atom is 0.360 e. The van der Waals surface area contributed by atoms with E-state index in [0.29, 0.717) is 22.3 Å². The Morgan fingerprint density at radius 2 is 1.65 bits per heavy atom. The zero-order valence-electron chi connectivity index (χ0n) is 14.4. The molecular weight excluding hydrogens is 357 g/mol. The van der Waals surface area contributed by atoms with E-state index in [-0.39, 0.29) is 12.2 Å². The van der Waals surface area contributed by atoms with Crippen LogP contribution in [0.25, 0.3) is 11.1 Å². The lowest BCUT2D eigenvalue weighted by Crippen LogP contribution is -2.29. The number of hydrogen-bond donors (Lipinski definition) is 1. The molecule has 138 valence electrons. The van der Waals surface area contributed by atoms with E-state index in [1.165, 1.54) is 11.6 Å². The van der Waals surface area contributed by atoms with Crippen molar-refractivity contribution in [3.63, 3.8) is 0 Å². The van der Waals surface area contributed by atoms with Crippen molar-refractivity contribution in [3.8, 4) is 11.1 Å². The maximum absolute atomic E-state index is 14.4. The largest absolute Gasteiger partial charge is 0.360 e. The van der Waals surface area contributed by atoms with Crippen molar-refractivity contribution in [1.29, 1.82) is 0 Å². The first-order chi connectivity index (χ1) is 12.4. The lowest BCUT2D eigenvalue weighted by Gasteiger charge is -2.26. The lowest BCUT2D eigenvalue weighted by atomic mass is 9.83. The Morgan fingerprint density at radius 1 is 0.962 bits per heavy atom. The summed E-state index contributed by atoms with van der Waals surface area (Å²) in [6.45, 7) is -0.266. The normalized spacial score (nSPS) is 24.9. The molecule has 4 rings (SSSR count). The van der Waals surface area contributed by atoms with Crippen molar-refractivity contribution in [1.82, 2.24) is 0 Å². The average molecular weight is 378 g/mol. The second kappa shape index (κ2) is 6.93. The molecule has 0 N–H and O–H groups in total. The predicted octanol–water partition coefficient (Wildman–Crippen LogP) is 6.11. The smallest absolute Gasteiger partial charge is 0.315 e. The predicted molar refractivity (Wildman–Crippen MR) is 99.3 cm³/mol. The molecule has 1 heterocycles. The van der Waals surface area contributed by atoms with Crippen LogP contribution in [0.4, 0.5) is 13.2 Å². The molecule has 1 aliphatic carbocycles. The highest BCUT2D eigenvalue weighted by Gasteiger charge is 2.37. The van der Waals surface area contributed by atoms with Gasteiger partial charge in [0.25, 0.3) is 0 Å². The van der Waals surface area contributed by atoms with E-state index < -0.39 is 18.3 Å². The van der Waals surface area contributed by atoms with Crippen molar-refractivity contribution in [2.24, 2.45) is 0 Å². The second-order valence-electron chi connectivity index (χ2n) is 7.33. The van der Waals surface area contributed by atoms with Crippen LogP contribution in [-0.2, 0) is 17.8 Å². The fourth-order valence-electron chi connectivity index (χ4n) is 3.98. The Labute approximate surface area is 157 Å². The zero-order valence-corrected chi connectivity index (χ0v) is 15.2. The zero-order chi connectivity index (χ0) is 18.3. The Morgan fingerprint density at radius 3 is 2.35 bits per heavy atom. The number of benzene rings is 2. The molecule has 1 fully saturated rings. The van der Waals surface area contributed by atoms with Gasteiger partial charge < -0.3 is 4.74 Å². The second-order valence-corrected chi connectivity index (χ2v) is 8.06. The van der Waals surface area contributed by atoms with Gasteiger partial charge in [0.15, 0.2) is 0 Å². The summed E-state index contributed by atoms with van der Waals surface area (Å²) in [5.41, 5.74) is 3.44. The van der Waals surface area contributed by atoms with Crippen LogP contribution in [0.15, 0.2) is 36.4 Å². The first-order valence-corrected chi connectivity index (χ1v) is 9.54. The van der Waals surface area contributed by atoms with Crippen molar-refractivity contribution in [3.05, 3.63) is 58.9 Å². The van der Waals surface area contributed by atoms with Crippen LogP contribution in [-0.4, -0.2) is 11.4 Å². The van der Waals surface area contributed by atoms with E-state index in [4.69, 9.17) is 0 Å². The van der Waals surface area contributed by atoms with Crippen LogP contribution in [0.3, 0.4) is 0 Å². The third-order valence-electron chi connectivity index (χ3n) is 5.52. The lowest BCUT2D eigenvalue weighted by molar-refractivity contribution is -0.251. The Bertz CT molecular complexity index is 796. The fourth-order valence-corrected chi connectivity index (χ4v) is 4.28. The number of alkyl halides is 2. The monoisotopic (exact) mass is 378 g/mol. The molecule has 2 aliphatic rings. The molecule has 2 aromatic carbocycles. The van der Waals surface area contributed by atoms with Crippen LogP contribution >= 0.6 is 12.6 Å². The molecule has 0 radical (unpaired) electrons. The molecule has 0 amide bonds. The van der Waals surface area contributed by atoms with Crippen molar-refractivity contribution in [2.75, 3.05) is 0 Å². The maximum atomic E-state index is 14.4. The molecule has 0 aromatic heterocycles. The van der Waals surface area contributed by atoms with Gasteiger partial charge in [0.05, 0.1) is 13.0 Å². The summed E-state index contributed by atoms with van der Waals surface area (Å²) in [7, 11) is 0. The summed E-state index contributed by atoms with van der Waals surface area (Å²) in [6, 6.07) is 11.3. The third-order valence-corrected chi connectivity index (χ3v) is 6.04. The molecule has 0 bridgehead atoms. The molecule has 0 spiro atoms. The molecular formula is C21H21F3OS. The van der Waals surface area contributed by atoms with Gasteiger partial charge in [-0.25, -0.2) is 4.39 Å². The van der Waals surface area contributed by atoms with E-state index in [1.54, 1.807) is 6.07 Å². The SMILES string of the molecule is Fc1cc(-c2ccc(C3CCC(S)CC3)cc2)cc2c1CC(F)(F)OC2. The molecule has 5 heteroatoms. The summed E-state index contributed by atoms with van der Waals surface area (Å²) in [5.74, 6) is -0.0278. The molecule has 26 heavy (non-hydrogen) atoms.